The van der Waals surface area contributed by atoms with Crippen LogP contribution in [0.2, 0.25) is 0 Å². The van der Waals surface area contributed by atoms with E-state index in [1.54, 1.807) is 58.2 Å². The number of hydrogen-bond acceptors (Lipinski definition) is 5. The molecule has 0 unspecified atom stereocenters. The van der Waals surface area contributed by atoms with Crippen molar-refractivity contribution >= 4 is 17.5 Å². The highest BCUT2D eigenvalue weighted by molar-refractivity contribution is 5.97. The number of methoxy groups -OCH3 is 1. The van der Waals surface area contributed by atoms with Crippen molar-refractivity contribution in [3.63, 3.8) is 0 Å². The molecule has 2 amide bonds. The second-order valence-corrected chi connectivity index (χ2v) is 6.25. The van der Waals surface area contributed by atoms with Crippen LogP contribution in [0.1, 0.15) is 20.8 Å². The minimum absolute atomic E-state index is 0.0849. The Labute approximate surface area is 156 Å². The van der Waals surface area contributed by atoms with Crippen LogP contribution in [0.5, 0.6) is 5.75 Å². The van der Waals surface area contributed by atoms with Gasteiger partial charge in [0.25, 0.3) is 11.8 Å². The van der Waals surface area contributed by atoms with Crippen LogP contribution < -0.4 is 4.74 Å². The van der Waals surface area contributed by atoms with E-state index in [0.717, 1.165) is 0 Å². The molecule has 1 fully saturated rings. The van der Waals surface area contributed by atoms with Crippen LogP contribution in [0.4, 0.5) is 0 Å². The van der Waals surface area contributed by atoms with Gasteiger partial charge in [-0.1, -0.05) is 12.1 Å². The van der Waals surface area contributed by atoms with Gasteiger partial charge in [-0.2, -0.15) is 0 Å². The van der Waals surface area contributed by atoms with Crippen molar-refractivity contribution in [2.75, 3.05) is 33.3 Å². The average Bonchev–Trinajstić information content (AvgIpc) is 3.17. The van der Waals surface area contributed by atoms with Crippen molar-refractivity contribution in [1.29, 1.82) is 0 Å². The molecule has 0 bridgehead atoms. The minimum Gasteiger partial charge on any atom is -0.496 e. The van der Waals surface area contributed by atoms with Crippen molar-refractivity contribution < 1.29 is 14.3 Å². The SMILES string of the molecule is COc1ccccc1C(=O)N1CCN(C(=O)c2cn3ccncc3n2)CC1. The molecule has 4 rings (SSSR count). The van der Waals surface area contributed by atoms with Crippen molar-refractivity contribution in [2.45, 2.75) is 0 Å². The van der Waals surface area contributed by atoms with Crippen molar-refractivity contribution in [3.8, 4) is 5.75 Å². The number of fused-ring (bicyclic) bond motifs is 1. The Morgan fingerprint density at radius 1 is 1.04 bits per heavy atom. The van der Waals surface area contributed by atoms with Crippen LogP contribution in [0.25, 0.3) is 5.65 Å². The third-order valence-electron chi connectivity index (χ3n) is 4.67. The van der Waals surface area contributed by atoms with Crippen LogP contribution in [0.3, 0.4) is 0 Å². The number of imidazole rings is 1. The molecule has 1 aliphatic heterocycles. The summed E-state index contributed by atoms with van der Waals surface area (Å²) in [5.74, 6) is 0.334. The summed E-state index contributed by atoms with van der Waals surface area (Å²) >= 11 is 0. The summed E-state index contributed by atoms with van der Waals surface area (Å²) in [6.07, 6.45) is 6.71. The summed E-state index contributed by atoms with van der Waals surface area (Å²) in [7, 11) is 1.55. The topological polar surface area (TPSA) is 80.0 Å². The molecule has 1 aliphatic rings. The van der Waals surface area contributed by atoms with Gasteiger partial charge in [-0.3, -0.25) is 14.6 Å². The zero-order valence-electron chi connectivity index (χ0n) is 14.9. The Hall–Kier alpha value is -3.42. The summed E-state index contributed by atoms with van der Waals surface area (Å²) in [5, 5.41) is 0. The number of amides is 2. The summed E-state index contributed by atoms with van der Waals surface area (Å²) in [4.78, 5) is 37.3. The van der Waals surface area contributed by atoms with E-state index < -0.39 is 0 Å². The lowest BCUT2D eigenvalue weighted by Crippen LogP contribution is -2.50. The van der Waals surface area contributed by atoms with Gasteiger partial charge < -0.3 is 18.9 Å². The van der Waals surface area contributed by atoms with E-state index in [0.29, 0.717) is 48.8 Å². The third kappa shape index (κ3) is 3.21. The van der Waals surface area contributed by atoms with Gasteiger partial charge in [-0.15, -0.1) is 0 Å². The maximum Gasteiger partial charge on any atom is 0.274 e. The van der Waals surface area contributed by atoms with Crippen molar-refractivity contribution in [1.82, 2.24) is 24.2 Å². The fraction of sp³-hybridized carbons (Fsp3) is 0.263. The Morgan fingerprint density at radius 3 is 2.44 bits per heavy atom. The second-order valence-electron chi connectivity index (χ2n) is 6.25. The fourth-order valence-electron chi connectivity index (χ4n) is 3.21. The number of benzene rings is 1. The maximum absolute atomic E-state index is 12.8. The molecule has 1 saturated heterocycles. The second kappa shape index (κ2) is 7.06. The molecule has 138 valence electrons. The van der Waals surface area contributed by atoms with Crippen LogP contribution in [0, 0.1) is 0 Å². The van der Waals surface area contributed by atoms with Crippen LogP contribution >= 0.6 is 0 Å². The molecule has 1 aromatic carbocycles. The molecule has 3 aromatic rings. The first-order valence-corrected chi connectivity index (χ1v) is 8.67. The summed E-state index contributed by atoms with van der Waals surface area (Å²) in [6, 6.07) is 7.17. The number of carbonyl (C=O) groups is 2. The highest BCUT2D eigenvalue weighted by Gasteiger charge is 2.27. The Morgan fingerprint density at radius 2 is 1.74 bits per heavy atom. The smallest absolute Gasteiger partial charge is 0.274 e. The quantitative estimate of drug-likeness (QED) is 0.700. The van der Waals surface area contributed by atoms with Crippen LogP contribution in [-0.2, 0) is 0 Å². The van der Waals surface area contributed by atoms with Crippen molar-refractivity contribution in [3.05, 3.63) is 60.3 Å². The molecule has 0 spiro atoms. The summed E-state index contributed by atoms with van der Waals surface area (Å²) < 4.78 is 7.04. The van der Waals surface area contributed by atoms with Crippen molar-refractivity contribution in [2.24, 2.45) is 0 Å². The van der Waals surface area contributed by atoms with Gasteiger partial charge in [0.1, 0.15) is 11.4 Å². The normalized spacial score (nSPS) is 14.4. The molecule has 0 aliphatic carbocycles. The lowest BCUT2D eigenvalue weighted by atomic mass is 10.1. The molecule has 3 heterocycles. The average molecular weight is 365 g/mol. The number of nitrogens with zero attached hydrogens (tertiary/aromatic N) is 5. The highest BCUT2D eigenvalue weighted by Crippen LogP contribution is 2.20. The minimum atomic E-state index is -0.136. The molecular formula is C19H19N5O3. The molecule has 2 aromatic heterocycles. The number of piperazine rings is 1. The molecule has 0 atom stereocenters. The predicted octanol–water partition coefficient (Wildman–Crippen LogP) is 1.34. The fourth-order valence-corrected chi connectivity index (χ4v) is 3.21. The van der Waals surface area contributed by atoms with E-state index in [-0.39, 0.29) is 11.8 Å². The first-order chi connectivity index (χ1) is 13.2. The molecule has 8 heteroatoms. The molecule has 0 N–H and O–H groups in total. The Kier molecular flexibility index (Phi) is 4.45. The number of ether oxygens (including phenoxy) is 1. The van der Waals surface area contributed by atoms with Gasteiger partial charge in [0, 0.05) is 44.8 Å². The lowest BCUT2D eigenvalue weighted by Gasteiger charge is -2.34. The van der Waals surface area contributed by atoms with E-state index in [4.69, 9.17) is 4.74 Å². The number of carbonyl (C=O) groups excluding carboxylic acids is 2. The zero-order valence-corrected chi connectivity index (χ0v) is 14.9. The highest BCUT2D eigenvalue weighted by atomic mass is 16.5. The molecule has 8 nitrogen and oxygen atoms in total. The standard InChI is InChI=1S/C19H19N5O3/c1-27-16-5-3-2-4-14(16)18(25)22-8-10-23(11-9-22)19(26)15-13-24-7-6-20-12-17(24)21-15/h2-7,12-13H,8-11H2,1H3. The first-order valence-electron chi connectivity index (χ1n) is 8.67. The van der Waals surface area contributed by atoms with Crippen LogP contribution in [0.15, 0.2) is 49.1 Å². The van der Waals surface area contributed by atoms with Gasteiger partial charge in [-0.25, -0.2) is 4.98 Å². The first kappa shape index (κ1) is 17.0. The lowest BCUT2D eigenvalue weighted by molar-refractivity contribution is 0.0531. The third-order valence-corrected chi connectivity index (χ3v) is 4.67. The van der Waals surface area contributed by atoms with E-state index in [1.165, 1.54) is 0 Å². The molecular weight excluding hydrogens is 346 g/mol. The Balaban J connectivity index is 1.44. The van der Waals surface area contributed by atoms with Crippen LogP contribution in [-0.4, -0.2) is 69.3 Å². The van der Waals surface area contributed by atoms with Gasteiger partial charge in [0.2, 0.25) is 0 Å². The molecule has 0 saturated carbocycles. The molecule has 0 radical (unpaired) electrons. The van der Waals surface area contributed by atoms with E-state index in [1.807, 2.05) is 12.1 Å². The zero-order chi connectivity index (χ0) is 18.8. The number of para-hydroxylation sites is 1. The monoisotopic (exact) mass is 365 g/mol. The summed E-state index contributed by atoms with van der Waals surface area (Å²) in [5.41, 5.74) is 1.55. The van der Waals surface area contributed by atoms with Gasteiger partial charge in [0.05, 0.1) is 18.9 Å². The van der Waals surface area contributed by atoms with Gasteiger partial charge in [-0.05, 0) is 12.1 Å². The molecule has 27 heavy (non-hydrogen) atoms. The predicted molar refractivity (Wildman–Crippen MR) is 97.8 cm³/mol. The number of rotatable bonds is 3. The number of aromatic nitrogens is 3. The number of hydrogen-bond donors (Lipinski definition) is 0. The summed E-state index contributed by atoms with van der Waals surface area (Å²) in [6.45, 7) is 1.87. The van der Waals surface area contributed by atoms with E-state index >= 15 is 0 Å². The van der Waals surface area contributed by atoms with Gasteiger partial charge >= 0.3 is 0 Å². The maximum atomic E-state index is 12.8. The largest absolute Gasteiger partial charge is 0.496 e. The van der Waals surface area contributed by atoms with E-state index in [2.05, 4.69) is 9.97 Å². The van der Waals surface area contributed by atoms with Gasteiger partial charge in [0.15, 0.2) is 5.65 Å². The Bertz CT molecular complexity index is 959. The van der Waals surface area contributed by atoms with E-state index in [9.17, 15) is 9.59 Å².